The Morgan fingerprint density at radius 2 is 1.74 bits per heavy atom. The van der Waals surface area contributed by atoms with E-state index < -0.39 is 38.4 Å². The number of hydrogen-bond acceptors (Lipinski definition) is 4. The summed E-state index contributed by atoms with van der Waals surface area (Å²) in [5.74, 6) is -1.48. The van der Waals surface area contributed by atoms with E-state index in [0.717, 1.165) is 27.3 Å². The lowest BCUT2D eigenvalue weighted by Gasteiger charge is -2.11. The van der Waals surface area contributed by atoms with Crippen molar-refractivity contribution in [2.24, 2.45) is 14.1 Å². The summed E-state index contributed by atoms with van der Waals surface area (Å²) >= 11 is 5.83. The van der Waals surface area contributed by atoms with Crippen molar-refractivity contribution >= 4 is 21.4 Å². The molecule has 0 unspecified atom stereocenters. The summed E-state index contributed by atoms with van der Waals surface area (Å²) < 4.78 is 39.6. The van der Waals surface area contributed by atoms with Gasteiger partial charge in [0.15, 0.2) is 9.84 Å². The molecule has 124 valence electrons. The molecule has 1 aromatic carbocycles. The number of sulfone groups is 1. The maximum Gasteiger partial charge on any atom is 0.330 e. The minimum Gasteiger partial charge on any atom is -0.300 e. The van der Waals surface area contributed by atoms with Gasteiger partial charge in [0.05, 0.1) is 11.5 Å². The summed E-state index contributed by atoms with van der Waals surface area (Å²) in [7, 11) is -1.01. The molecule has 23 heavy (non-hydrogen) atoms. The van der Waals surface area contributed by atoms with Crippen molar-refractivity contribution in [2.45, 2.75) is 11.5 Å². The average Bonchev–Trinajstić information content (AvgIpc) is 2.45. The topological polar surface area (TPSA) is 78.1 Å². The van der Waals surface area contributed by atoms with Gasteiger partial charge in [-0.3, -0.25) is 13.9 Å². The van der Waals surface area contributed by atoms with E-state index in [1.807, 2.05) is 0 Å². The minimum atomic E-state index is -3.71. The molecule has 0 saturated carbocycles. The van der Waals surface area contributed by atoms with Gasteiger partial charge in [0.25, 0.3) is 5.56 Å². The van der Waals surface area contributed by atoms with Crippen molar-refractivity contribution in [3.05, 3.63) is 67.2 Å². The van der Waals surface area contributed by atoms with Crippen LogP contribution in [0.3, 0.4) is 0 Å². The molecule has 6 nitrogen and oxygen atoms in total. The molecule has 0 amide bonds. The Hall–Kier alpha value is -1.93. The van der Waals surface area contributed by atoms with E-state index in [9.17, 15) is 22.4 Å². The third-order valence-corrected chi connectivity index (χ3v) is 5.22. The Balaban J connectivity index is 2.36. The highest BCUT2D eigenvalue weighted by atomic mass is 35.5. The van der Waals surface area contributed by atoms with Crippen LogP contribution in [0.4, 0.5) is 4.39 Å². The molecule has 9 heteroatoms. The SMILES string of the molecule is Cn1c(CS(=O)(=O)Cc2ccc(F)cc2Cl)cc(=O)n(C)c1=O. The second-order valence-corrected chi connectivity index (χ2v) is 7.61. The van der Waals surface area contributed by atoms with E-state index in [2.05, 4.69) is 0 Å². The molecule has 0 aliphatic rings. The van der Waals surface area contributed by atoms with Gasteiger partial charge in [0.1, 0.15) is 5.82 Å². The fraction of sp³-hybridized carbons (Fsp3) is 0.286. The van der Waals surface area contributed by atoms with Gasteiger partial charge in [-0.2, -0.15) is 0 Å². The molecule has 2 aromatic rings. The number of halogens is 2. The molecule has 2 rings (SSSR count). The largest absolute Gasteiger partial charge is 0.330 e. The standard InChI is InChI=1S/C14H14ClFN2O4S/c1-17-11(6-13(19)18(2)14(17)20)8-23(21,22)7-9-3-4-10(16)5-12(9)15/h3-6H,7-8H2,1-2H3. The Morgan fingerprint density at radius 1 is 1.09 bits per heavy atom. The highest BCUT2D eigenvalue weighted by Crippen LogP contribution is 2.21. The van der Waals surface area contributed by atoms with Gasteiger partial charge in [-0.05, 0) is 17.7 Å². The first-order valence-corrected chi connectivity index (χ1v) is 8.71. The molecule has 0 N–H and O–H groups in total. The predicted molar refractivity (Wildman–Crippen MR) is 84.7 cm³/mol. The van der Waals surface area contributed by atoms with Gasteiger partial charge >= 0.3 is 5.69 Å². The molecule has 0 aliphatic carbocycles. The molecule has 0 radical (unpaired) electrons. The van der Waals surface area contributed by atoms with Gasteiger partial charge in [-0.15, -0.1) is 0 Å². The zero-order valence-electron chi connectivity index (χ0n) is 12.4. The number of aromatic nitrogens is 2. The van der Waals surface area contributed by atoms with Crippen LogP contribution in [0, 0.1) is 5.82 Å². The Labute approximate surface area is 136 Å². The maximum atomic E-state index is 13.0. The fourth-order valence-corrected chi connectivity index (χ4v) is 3.94. The summed E-state index contributed by atoms with van der Waals surface area (Å²) in [6.07, 6.45) is 0. The summed E-state index contributed by atoms with van der Waals surface area (Å²) in [5.41, 5.74) is -0.862. The summed E-state index contributed by atoms with van der Waals surface area (Å²) in [5, 5.41) is 0.00596. The number of nitrogens with zero attached hydrogens (tertiary/aromatic N) is 2. The number of rotatable bonds is 4. The number of hydrogen-bond donors (Lipinski definition) is 0. The second kappa shape index (κ2) is 6.29. The Bertz CT molecular complexity index is 979. The van der Waals surface area contributed by atoms with Crippen molar-refractivity contribution in [1.29, 1.82) is 0 Å². The number of benzene rings is 1. The molecule has 0 saturated heterocycles. The van der Waals surface area contributed by atoms with Crippen molar-refractivity contribution in [2.75, 3.05) is 0 Å². The van der Waals surface area contributed by atoms with E-state index in [4.69, 9.17) is 11.6 Å². The van der Waals surface area contributed by atoms with Crippen LogP contribution in [-0.4, -0.2) is 17.6 Å². The molecule has 0 atom stereocenters. The Kier molecular flexibility index (Phi) is 4.76. The van der Waals surface area contributed by atoms with Crippen LogP contribution in [0.15, 0.2) is 33.9 Å². The van der Waals surface area contributed by atoms with Crippen LogP contribution >= 0.6 is 11.6 Å². The predicted octanol–water partition coefficient (Wildman–Crippen LogP) is 0.991. The average molecular weight is 361 g/mol. The third-order valence-electron chi connectivity index (χ3n) is 3.38. The summed E-state index contributed by atoms with van der Waals surface area (Å²) in [6.45, 7) is 0. The van der Waals surface area contributed by atoms with E-state index in [-0.39, 0.29) is 16.3 Å². The van der Waals surface area contributed by atoms with Gasteiger partial charge in [0.2, 0.25) is 0 Å². The zero-order valence-corrected chi connectivity index (χ0v) is 14.0. The molecule has 0 bridgehead atoms. The lowest BCUT2D eigenvalue weighted by molar-refractivity contribution is 0.588. The molecule has 0 fully saturated rings. The smallest absolute Gasteiger partial charge is 0.300 e. The summed E-state index contributed by atoms with van der Waals surface area (Å²) in [4.78, 5) is 23.5. The molecule has 0 spiro atoms. The lowest BCUT2D eigenvalue weighted by Crippen LogP contribution is -2.38. The quantitative estimate of drug-likeness (QED) is 0.814. The van der Waals surface area contributed by atoms with E-state index in [1.165, 1.54) is 20.2 Å². The molecular formula is C14H14ClFN2O4S. The van der Waals surface area contributed by atoms with Gasteiger partial charge in [0, 0.05) is 30.9 Å². The molecule has 1 heterocycles. The van der Waals surface area contributed by atoms with Crippen LogP contribution in [0.5, 0.6) is 0 Å². The normalized spacial score (nSPS) is 11.7. The minimum absolute atomic E-state index is 0.00596. The van der Waals surface area contributed by atoms with Gasteiger partial charge < -0.3 is 0 Å². The first-order chi connectivity index (χ1) is 10.6. The fourth-order valence-electron chi connectivity index (χ4n) is 2.07. The van der Waals surface area contributed by atoms with Crippen molar-refractivity contribution < 1.29 is 12.8 Å². The highest BCUT2D eigenvalue weighted by Gasteiger charge is 2.18. The van der Waals surface area contributed by atoms with E-state index in [1.54, 1.807) is 0 Å². The third kappa shape index (κ3) is 3.89. The van der Waals surface area contributed by atoms with Crippen molar-refractivity contribution in [1.82, 2.24) is 9.13 Å². The van der Waals surface area contributed by atoms with Gasteiger partial charge in [-0.25, -0.2) is 17.6 Å². The van der Waals surface area contributed by atoms with E-state index in [0.29, 0.717) is 0 Å². The zero-order chi connectivity index (χ0) is 17.4. The molecule has 0 aliphatic heterocycles. The summed E-state index contributed by atoms with van der Waals surface area (Å²) in [6, 6.07) is 4.54. The monoisotopic (exact) mass is 360 g/mol. The van der Waals surface area contributed by atoms with Crippen LogP contribution in [0.2, 0.25) is 5.02 Å². The van der Waals surface area contributed by atoms with Crippen LogP contribution in [0.1, 0.15) is 11.3 Å². The first kappa shape index (κ1) is 17.4. The molecular weight excluding hydrogens is 347 g/mol. The van der Waals surface area contributed by atoms with Crippen molar-refractivity contribution in [3.8, 4) is 0 Å². The maximum absolute atomic E-state index is 13.0. The van der Waals surface area contributed by atoms with Gasteiger partial charge in [-0.1, -0.05) is 17.7 Å². The Morgan fingerprint density at radius 3 is 2.35 bits per heavy atom. The molecule has 1 aromatic heterocycles. The highest BCUT2D eigenvalue weighted by molar-refractivity contribution is 7.89. The lowest BCUT2D eigenvalue weighted by atomic mass is 10.2. The van der Waals surface area contributed by atoms with Crippen LogP contribution < -0.4 is 11.2 Å². The van der Waals surface area contributed by atoms with Crippen LogP contribution in [0.25, 0.3) is 0 Å². The van der Waals surface area contributed by atoms with Crippen molar-refractivity contribution in [3.63, 3.8) is 0 Å². The second-order valence-electron chi connectivity index (χ2n) is 5.14. The van der Waals surface area contributed by atoms with Crippen LogP contribution in [-0.2, 0) is 35.4 Å². The first-order valence-electron chi connectivity index (χ1n) is 6.51. The van der Waals surface area contributed by atoms with E-state index >= 15 is 0 Å².